The molecular formula is C13H19N3O2. The largest absolute Gasteiger partial charge is 0.394 e. The van der Waals surface area contributed by atoms with Crippen LogP contribution in [-0.4, -0.2) is 39.4 Å². The minimum atomic E-state index is -0.742. The zero-order valence-electron chi connectivity index (χ0n) is 10.6. The van der Waals surface area contributed by atoms with E-state index in [0.29, 0.717) is 12.5 Å². The molecule has 0 aliphatic rings. The van der Waals surface area contributed by atoms with Gasteiger partial charge < -0.3 is 20.5 Å². The van der Waals surface area contributed by atoms with Gasteiger partial charge >= 0.3 is 0 Å². The third kappa shape index (κ3) is 2.80. The molecule has 5 nitrogen and oxygen atoms in total. The highest BCUT2D eigenvalue weighted by Crippen LogP contribution is 2.20. The Hall–Kier alpha value is -1.59. The second kappa shape index (κ2) is 5.37. The lowest BCUT2D eigenvalue weighted by molar-refractivity contribution is 0.105. The molecule has 2 rings (SSSR count). The number of H-pyrrole nitrogens is 1. The molecule has 1 unspecified atom stereocenters. The van der Waals surface area contributed by atoms with Gasteiger partial charge in [0, 0.05) is 18.2 Å². The molecule has 0 aliphatic carbocycles. The quantitative estimate of drug-likeness (QED) is 0.646. The summed E-state index contributed by atoms with van der Waals surface area (Å²) in [7, 11) is 0. The van der Waals surface area contributed by atoms with E-state index in [-0.39, 0.29) is 6.61 Å². The van der Waals surface area contributed by atoms with Crippen molar-refractivity contribution in [3.05, 3.63) is 24.0 Å². The average Bonchev–Trinajstić information content (AvgIpc) is 2.79. The van der Waals surface area contributed by atoms with Crippen molar-refractivity contribution >= 4 is 16.7 Å². The van der Waals surface area contributed by atoms with Crippen LogP contribution in [0.5, 0.6) is 0 Å². The number of aromatic amines is 1. The molecule has 1 atom stereocenters. The summed E-state index contributed by atoms with van der Waals surface area (Å²) in [5, 5.41) is 21.1. The van der Waals surface area contributed by atoms with E-state index in [2.05, 4.69) is 29.1 Å². The van der Waals surface area contributed by atoms with Crippen molar-refractivity contribution in [3.8, 4) is 0 Å². The molecule has 0 saturated carbocycles. The molecule has 0 saturated heterocycles. The summed E-state index contributed by atoms with van der Waals surface area (Å²) < 4.78 is 0. The van der Waals surface area contributed by atoms with Crippen molar-refractivity contribution in [2.75, 3.05) is 18.5 Å². The van der Waals surface area contributed by atoms with Crippen LogP contribution in [0.2, 0.25) is 0 Å². The number of anilines is 1. The predicted octanol–water partition coefficient (Wildman–Crippen LogP) is 1.45. The van der Waals surface area contributed by atoms with Crippen molar-refractivity contribution in [1.82, 2.24) is 9.97 Å². The van der Waals surface area contributed by atoms with Crippen LogP contribution in [0, 0.1) is 0 Å². The average molecular weight is 249 g/mol. The van der Waals surface area contributed by atoms with Gasteiger partial charge in [-0.3, -0.25) is 0 Å². The van der Waals surface area contributed by atoms with Crippen LogP contribution in [0.15, 0.2) is 18.2 Å². The van der Waals surface area contributed by atoms with Gasteiger partial charge in [-0.15, -0.1) is 0 Å². The van der Waals surface area contributed by atoms with Crippen molar-refractivity contribution in [2.45, 2.75) is 25.9 Å². The summed E-state index contributed by atoms with van der Waals surface area (Å²) in [6.45, 7) is 4.27. The highest BCUT2D eigenvalue weighted by molar-refractivity contribution is 5.79. The summed E-state index contributed by atoms with van der Waals surface area (Å²) in [4.78, 5) is 7.77. The van der Waals surface area contributed by atoms with Crippen LogP contribution >= 0.6 is 0 Å². The molecule has 5 heteroatoms. The standard InChI is InChI=1S/C13H19N3O2/c1-8(2)13-15-11-4-3-9(5-12(11)16-13)14-6-10(18)7-17/h3-5,8,10,14,17-18H,6-7H2,1-2H3,(H,15,16). The Kier molecular flexibility index (Phi) is 3.84. The zero-order valence-corrected chi connectivity index (χ0v) is 10.6. The summed E-state index contributed by atoms with van der Waals surface area (Å²) in [6.07, 6.45) is -0.742. The maximum absolute atomic E-state index is 9.28. The third-order valence-electron chi connectivity index (χ3n) is 2.80. The highest BCUT2D eigenvalue weighted by Gasteiger charge is 2.07. The number of hydrogen-bond acceptors (Lipinski definition) is 4. The smallest absolute Gasteiger partial charge is 0.109 e. The molecular weight excluding hydrogens is 230 g/mol. The van der Waals surface area contributed by atoms with Gasteiger partial charge in [-0.1, -0.05) is 13.8 Å². The molecule has 1 heterocycles. The van der Waals surface area contributed by atoms with Crippen LogP contribution in [0.25, 0.3) is 11.0 Å². The van der Waals surface area contributed by atoms with Gasteiger partial charge in [0.25, 0.3) is 0 Å². The normalized spacial score (nSPS) is 13.2. The lowest BCUT2D eigenvalue weighted by Crippen LogP contribution is -2.22. The molecule has 1 aromatic heterocycles. The van der Waals surface area contributed by atoms with Crippen LogP contribution in [-0.2, 0) is 0 Å². The van der Waals surface area contributed by atoms with Crippen LogP contribution in [0.3, 0.4) is 0 Å². The van der Waals surface area contributed by atoms with Gasteiger partial charge in [-0.25, -0.2) is 4.98 Å². The number of nitrogens with zero attached hydrogens (tertiary/aromatic N) is 1. The fraction of sp³-hybridized carbons (Fsp3) is 0.462. The third-order valence-corrected chi connectivity index (χ3v) is 2.80. The second-order valence-electron chi connectivity index (χ2n) is 4.73. The first-order valence-corrected chi connectivity index (χ1v) is 6.12. The number of nitrogens with one attached hydrogen (secondary N) is 2. The summed E-state index contributed by atoms with van der Waals surface area (Å²) in [5.74, 6) is 1.34. The minimum absolute atomic E-state index is 0.239. The number of hydrogen-bond donors (Lipinski definition) is 4. The monoisotopic (exact) mass is 249 g/mol. The molecule has 1 aromatic carbocycles. The minimum Gasteiger partial charge on any atom is -0.394 e. The number of benzene rings is 1. The second-order valence-corrected chi connectivity index (χ2v) is 4.73. The van der Waals surface area contributed by atoms with E-state index in [1.807, 2.05) is 18.2 Å². The molecule has 0 aliphatic heterocycles. The molecule has 18 heavy (non-hydrogen) atoms. The van der Waals surface area contributed by atoms with Gasteiger partial charge in [0.05, 0.1) is 23.7 Å². The lowest BCUT2D eigenvalue weighted by Gasteiger charge is -2.09. The van der Waals surface area contributed by atoms with E-state index in [9.17, 15) is 5.11 Å². The number of rotatable bonds is 5. The Bertz CT molecular complexity index is 522. The summed E-state index contributed by atoms with van der Waals surface area (Å²) >= 11 is 0. The van der Waals surface area contributed by atoms with Gasteiger partial charge in [0.1, 0.15) is 5.82 Å². The summed E-state index contributed by atoms with van der Waals surface area (Å²) in [6, 6.07) is 5.81. The molecule has 0 radical (unpaired) electrons. The first kappa shape index (κ1) is 12.9. The number of fused-ring (bicyclic) bond motifs is 1. The Morgan fingerprint density at radius 2 is 2.17 bits per heavy atom. The van der Waals surface area contributed by atoms with Crippen LogP contribution in [0.4, 0.5) is 5.69 Å². The van der Waals surface area contributed by atoms with Crippen molar-refractivity contribution < 1.29 is 10.2 Å². The number of aromatic nitrogens is 2. The molecule has 98 valence electrons. The Balaban J connectivity index is 2.16. The molecule has 4 N–H and O–H groups in total. The Labute approximate surface area is 106 Å². The van der Waals surface area contributed by atoms with Gasteiger partial charge in [0.15, 0.2) is 0 Å². The molecule has 0 bridgehead atoms. The van der Waals surface area contributed by atoms with Crippen LogP contribution in [0.1, 0.15) is 25.6 Å². The topological polar surface area (TPSA) is 81.2 Å². The van der Waals surface area contributed by atoms with E-state index in [4.69, 9.17) is 5.11 Å². The van der Waals surface area contributed by atoms with Gasteiger partial charge in [-0.2, -0.15) is 0 Å². The van der Waals surface area contributed by atoms with Crippen LogP contribution < -0.4 is 5.32 Å². The molecule has 0 fully saturated rings. The Morgan fingerprint density at radius 1 is 1.39 bits per heavy atom. The number of aliphatic hydroxyl groups excluding tert-OH is 2. The lowest BCUT2D eigenvalue weighted by atomic mass is 10.2. The fourth-order valence-corrected chi connectivity index (χ4v) is 1.71. The van der Waals surface area contributed by atoms with Crippen molar-refractivity contribution in [3.63, 3.8) is 0 Å². The zero-order chi connectivity index (χ0) is 13.1. The summed E-state index contributed by atoms with van der Waals surface area (Å²) in [5.41, 5.74) is 2.81. The van der Waals surface area contributed by atoms with Gasteiger partial charge in [-0.05, 0) is 18.2 Å². The predicted molar refractivity (Wildman–Crippen MR) is 71.8 cm³/mol. The highest BCUT2D eigenvalue weighted by atomic mass is 16.3. The van der Waals surface area contributed by atoms with Gasteiger partial charge in [0.2, 0.25) is 0 Å². The molecule has 2 aromatic rings. The van der Waals surface area contributed by atoms with E-state index in [0.717, 1.165) is 22.5 Å². The fourth-order valence-electron chi connectivity index (χ4n) is 1.71. The number of aliphatic hydroxyl groups is 2. The molecule has 0 spiro atoms. The number of imidazole rings is 1. The van der Waals surface area contributed by atoms with E-state index in [1.54, 1.807) is 0 Å². The molecule has 0 amide bonds. The van der Waals surface area contributed by atoms with E-state index in [1.165, 1.54) is 0 Å². The SMILES string of the molecule is CC(C)c1nc2ccc(NCC(O)CO)cc2[nH]1. The van der Waals surface area contributed by atoms with E-state index < -0.39 is 6.10 Å². The first-order chi connectivity index (χ1) is 8.60. The maximum Gasteiger partial charge on any atom is 0.109 e. The first-order valence-electron chi connectivity index (χ1n) is 6.12. The Morgan fingerprint density at radius 3 is 2.83 bits per heavy atom. The van der Waals surface area contributed by atoms with Crippen molar-refractivity contribution in [2.24, 2.45) is 0 Å². The van der Waals surface area contributed by atoms with Crippen molar-refractivity contribution in [1.29, 1.82) is 0 Å². The maximum atomic E-state index is 9.28. The van der Waals surface area contributed by atoms with E-state index >= 15 is 0 Å².